The topological polar surface area (TPSA) is 61.4 Å². The molecule has 0 saturated carbocycles. The van der Waals surface area contributed by atoms with Crippen LogP contribution in [0.15, 0.2) is 18.2 Å². The predicted molar refractivity (Wildman–Crippen MR) is 90.5 cm³/mol. The maximum absolute atomic E-state index is 12.3. The lowest BCUT2D eigenvalue weighted by Crippen LogP contribution is -2.46. The molecule has 0 unspecified atom stereocenters. The quantitative estimate of drug-likeness (QED) is 0.798. The molecule has 122 valence electrons. The summed E-state index contributed by atoms with van der Waals surface area (Å²) in [6.45, 7) is 6.83. The van der Waals surface area contributed by atoms with E-state index in [1.807, 2.05) is 13.8 Å². The summed E-state index contributed by atoms with van der Waals surface area (Å²) in [5.41, 5.74) is 0.497. The van der Waals surface area contributed by atoms with Crippen LogP contribution in [0.3, 0.4) is 0 Å². The van der Waals surface area contributed by atoms with Crippen molar-refractivity contribution in [3.63, 3.8) is 0 Å². The average molecular weight is 346 g/mol. The van der Waals surface area contributed by atoms with Gasteiger partial charge >= 0.3 is 0 Å². The molecule has 0 aliphatic heterocycles. The van der Waals surface area contributed by atoms with Gasteiger partial charge in [0, 0.05) is 11.6 Å². The van der Waals surface area contributed by atoms with Gasteiger partial charge in [-0.1, -0.05) is 30.1 Å². The van der Waals surface area contributed by atoms with Crippen molar-refractivity contribution in [2.75, 3.05) is 25.0 Å². The van der Waals surface area contributed by atoms with Crippen LogP contribution >= 0.6 is 23.2 Å². The van der Waals surface area contributed by atoms with Gasteiger partial charge in [-0.2, -0.15) is 0 Å². The van der Waals surface area contributed by atoms with Gasteiger partial charge in [-0.3, -0.25) is 14.5 Å². The molecule has 0 radical (unpaired) electrons. The lowest BCUT2D eigenvalue weighted by atomic mass is 10.2. The van der Waals surface area contributed by atoms with Gasteiger partial charge in [-0.25, -0.2) is 0 Å². The Kier molecular flexibility index (Phi) is 7.65. The Morgan fingerprint density at radius 2 is 1.95 bits per heavy atom. The van der Waals surface area contributed by atoms with Crippen LogP contribution in [0.4, 0.5) is 5.69 Å². The molecule has 1 aromatic carbocycles. The molecule has 2 N–H and O–H groups in total. The Balaban J connectivity index is 2.71. The van der Waals surface area contributed by atoms with E-state index >= 15 is 0 Å². The second-order valence-electron chi connectivity index (χ2n) is 4.81. The maximum atomic E-state index is 12.3. The number of amides is 2. The second-order valence-corrected chi connectivity index (χ2v) is 5.65. The van der Waals surface area contributed by atoms with Crippen molar-refractivity contribution < 1.29 is 9.59 Å². The van der Waals surface area contributed by atoms with Gasteiger partial charge in [-0.05, 0) is 38.6 Å². The molecule has 0 spiro atoms. The smallest absolute Gasteiger partial charge is 0.241 e. The third kappa shape index (κ3) is 5.48. The molecular formula is C15H21Cl2N3O2. The average Bonchev–Trinajstić information content (AvgIpc) is 2.47. The van der Waals surface area contributed by atoms with Gasteiger partial charge in [0.1, 0.15) is 0 Å². The number of hydrogen-bond acceptors (Lipinski definition) is 3. The maximum Gasteiger partial charge on any atom is 0.241 e. The molecule has 0 bridgehead atoms. The molecule has 0 aromatic heterocycles. The number of hydrogen-bond donors (Lipinski definition) is 2. The van der Waals surface area contributed by atoms with Gasteiger partial charge in [0.25, 0.3) is 0 Å². The van der Waals surface area contributed by atoms with Crippen molar-refractivity contribution >= 4 is 40.7 Å². The summed E-state index contributed by atoms with van der Waals surface area (Å²) in [5.74, 6) is -0.330. The number of anilines is 1. The van der Waals surface area contributed by atoms with Crippen molar-refractivity contribution in [1.29, 1.82) is 0 Å². The Labute approximate surface area is 141 Å². The normalized spacial score (nSPS) is 12.1. The summed E-state index contributed by atoms with van der Waals surface area (Å²) in [7, 11) is 0. The SMILES string of the molecule is CCNC(=O)CN(CC)[C@H](C)C(=O)Nc1ccc(Cl)cc1Cl. The molecule has 0 heterocycles. The zero-order chi connectivity index (χ0) is 16.7. The standard InChI is InChI=1S/C15H21Cl2N3O2/c1-4-18-14(21)9-20(5-2)10(3)15(22)19-13-7-6-11(16)8-12(13)17/h6-8,10H,4-5,9H2,1-3H3,(H,18,21)(H,19,22)/t10-/m1/s1. The first-order valence-electron chi connectivity index (χ1n) is 7.15. The molecule has 5 nitrogen and oxygen atoms in total. The molecular weight excluding hydrogens is 325 g/mol. The first-order valence-corrected chi connectivity index (χ1v) is 7.91. The number of carbonyl (C=O) groups excluding carboxylic acids is 2. The molecule has 0 fully saturated rings. The summed E-state index contributed by atoms with van der Waals surface area (Å²) < 4.78 is 0. The van der Waals surface area contributed by atoms with E-state index in [4.69, 9.17) is 23.2 Å². The van der Waals surface area contributed by atoms with Crippen molar-refractivity contribution in [1.82, 2.24) is 10.2 Å². The fourth-order valence-corrected chi connectivity index (χ4v) is 2.41. The summed E-state index contributed by atoms with van der Waals surface area (Å²) in [6.07, 6.45) is 0. The second kappa shape index (κ2) is 8.98. The molecule has 7 heteroatoms. The Morgan fingerprint density at radius 1 is 1.27 bits per heavy atom. The van der Waals surface area contributed by atoms with Crippen LogP contribution in [0.2, 0.25) is 10.0 Å². The number of rotatable bonds is 7. The fraction of sp³-hybridized carbons (Fsp3) is 0.467. The highest BCUT2D eigenvalue weighted by Crippen LogP contribution is 2.25. The molecule has 1 aromatic rings. The molecule has 1 atom stereocenters. The number of likely N-dealkylation sites (N-methyl/N-ethyl adjacent to an activating group) is 2. The van der Waals surface area contributed by atoms with Crippen LogP contribution in [0.1, 0.15) is 20.8 Å². The van der Waals surface area contributed by atoms with Crippen LogP contribution in [0.25, 0.3) is 0 Å². The van der Waals surface area contributed by atoms with E-state index < -0.39 is 6.04 Å². The number of nitrogens with one attached hydrogen (secondary N) is 2. The molecule has 0 aliphatic rings. The lowest BCUT2D eigenvalue weighted by Gasteiger charge is -2.26. The van der Waals surface area contributed by atoms with E-state index in [-0.39, 0.29) is 18.4 Å². The number of carbonyl (C=O) groups is 2. The van der Waals surface area contributed by atoms with E-state index in [9.17, 15) is 9.59 Å². The Bertz CT molecular complexity index is 538. The summed E-state index contributed by atoms with van der Waals surface area (Å²) in [5, 5.41) is 6.35. The largest absolute Gasteiger partial charge is 0.355 e. The monoisotopic (exact) mass is 345 g/mol. The molecule has 1 rings (SSSR count). The lowest BCUT2D eigenvalue weighted by molar-refractivity contribution is -0.125. The fourth-order valence-electron chi connectivity index (χ4n) is 1.95. The minimum absolute atomic E-state index is 0.103. The number of nitrogens with zero attached hydrogens (tertiary/aromatic N) is 1. The van der Waals surface area contributed by atoms with Gasteiger partial charge in [-0.15, -0.1) is 0 Å². The predicted octanol–water partition coefficient (Wildman–Crippen LogP) is 2.78. The van der Waals surface area contributed by atoms with Crippen LogP contribution in [-0.4, -0.2) is 42.4 Å². The highest BCUT2D eigenvalue weighted by atomic mass is 35.5. The summed E-state index contributed by atoms with van der Waals surface area (Å²) >= 11 is 11.9. The minimum atomic E-state index is -0.459. The van der Waals surface area contributed by atoms with Crippen LogP contribution in [-0.2, 0) is 9.59 Å². The van der Waals surface area contributed by atoms with E-state index in [0.29, 0.717) is 28.8 Å². The minimum Gasteiger partial charge on any atom is -0.355 e. The van der Waals surface area contributed by atoms with Crippen molar-refractivity contribution in [3.05, 3.63) is 28.2 Å². The van der Waals surface area contributed by atoms with Crippen LogP contribution < -0.4 is 10.6 Å². The highest BCUT2D eigenvalue weighted by molar-refractivity contribution is 6.36. The molecule has 0 saturated heterocycles. The van der Waals surface area contributed by atoms with Gasteiger partial charge in [0.2, 0.25) is 11.8 Å². The highest BCUT2D eigenvalue weighted by Gasteiger charge is 2.22. The third-order valence-corrected chi connectivity index (χ3v) is 3.79. The molecule has 22 heavy (non-hydrogen) atoms. The summed E-state index contributed by atoms with van der Waals surface area (Å²) in [4.78, 5) is 25.8. The van der Waals surface area contributed by atoms with Gasteiger partial charge in [0.15, 0.2) is 0 Å². The molecule has 0 aliphatic carbocycles. The van der Waals surface area contributed by atoms with Crippen molar-refractivity contribution in [2.24, 2.45) is 0 Å². The van der Waals surface area contributed by atoms with Crippen molar-refractivity contribution in [3.8, 4) is 0 Å². The van der Waals surface area contributed by atoms with E-state index in [0.717, 1.165) is 0 Å². The van der Waals surface area contributed by atoms with Crippen molar-refractivity contribution in [2.45, 2.75) is 26.8 Å². The molecule has 2 amide bonds. The number of halogens is 2. The zero-order valence-corrected chi connectivity index (χ0v) is 14.5. The Morgan fingerprint density at radius 3 is 2.50 bits per heavy atom. The number of benzene rings is 1. The zero-order valence-electron chi connectivity index (χ0n) is 13.0. The first kappa shape index (κ1) is 18.7. The summed E-state index contributed by atoms with van der Waals surface area (Å²) in [6, 6.07) is 4.41. The van der Waals surface area contributed by atoms with Crippen LogP contribution in [0, 0.1) is 0 Å². The van der Waals surface area contributed by atoms with E-state index in [1.165, 1.54) is 0 Å². The first-order chi connectivity index (χ1) is 10.4. The van der Waals surface area contributed by atoms with E-state index in [1.54, 1.807) is 30.0 Å². The van der Waals surface area contributed by atoms with E-state index in [2.05, 4.69) is 10.6 Å². The van der Waals surface area contributed by atoms with Gasteiger partial charge in [0.05, 0.1) is 23.3 Å². The van der Waals surface area contributed by atoms with Crippen LogP contribution in [0.5, 0.6) is 0 Å². The Hall–Kier alpha value is -1.30. The van der Waals surface area contributed by atoms with Gasteiger partial charge < -0.3 is 10.6 Å². The third-order valence-electron chi connectivity index (χ3n) is 3.24.